The van der Waals surface area contributed by atoms with E-state index in [1.165, 1.54) is 12.0 Å². The van der Waals surface area contributed by atoms with E-state index in [0.717, 1.165) is 63.8 Å². The summed E-state index contributed by atoms with van der Waals surface area (Å²) < 4.78 is 0. The van der Waals surface area contributed by atoms with Crippen LogP contribution < -0.4 is 16.0 Å². The van der Waals surface area contributed by atoms with Crippen LogP contribution in [0.2, 0.25) is 0 Å². The zero-order valence-electron chi connectivity index (χ0n) is 18.8. The molecule has 1 saturated heterocycles. The van der Waals surface area contributed by atoms with Crippen LogP contribution in [0, 0.1) is 5.92 Å². The SMILES string of the molecule is CN=C(NCCN1CCN(C(=O)C2CCC2)CC1)NCC1CC(=O)Nc2ccccc21.I. The van der Waals surface area contributed by atoms with Crippen LogP contribution in [0.15, 0.2) is 29.3 Å². The summed E-state index contributed by atoms with van der Waals surface area (Å²) in [6.45, 7) is 5.90. The smallest absolute Gasteiger partial charge is 0.225 e. The number of fused-ring (bicyclic) bond motifs is 1. The summed E-state index contributed by atoms with van der Waals surface area (Å²) >= 11 is 0. The van der Waals surface area contributed by atoms with Crippen LogP contribution in [0.1, 0.15) is 37.2 Å². The van der Waals surface area contributed by atoms with E-state index in [4.69, 9.17) is 0 Å². The second-order valence-corrected chi connectivity index (χ2v) is 8.71. The lowest BCUT2D eigenvalue weighted by Gasteiger charge is -2.38. The number of piperazine rings is 1. The van der Waals surface area contributed by atoms with Crippen LogP contribution in [0.4, 0.5) is 5.69 Å². The zero-order chi connectivity index (χ0) is 21.6. The molecule has 2 heterocycles. The van der Waals surface area contributed by atoms with Crippen LogP contribution in [0.3, 0.4) is 0 Å². The van der Waals surface area contributed by atoms with Crippen molar-refractivity contribution in [3.8, 4) is 0 Å². The number of carbonyl (C=O) groups is 2. The van der Waals surface area contributed by atoms with Gasteiger partial charge in [0.25, 0.3) is 0 Å². The van der Waals surface area contributed by atoms with Gasteiger partial charge < -0.3 is 20.9 Å². The maximum Gasteiger partial charge on any atom is 0.225 e. The molecular formula is C23H35IN6O2. The lowest BCUT2D eigenvalue weighted by molar-refractivity contribution is -0.139. The summed E-state index contributed by atoms with van der Waals surface area (Å²) in [6, 6.07) is 7.98. The molecule has 32 heavy (non-hydrogen) atoms. The zero-order valence-corrected chi connectivity index (χ0v) is 21.1. The topological polar surface area (TPSA) is 89.1 Å². The van der Waals surface area contributed by atoms with E-state index in [9.17, 15) is 9.59 Å². The molecule has 1 aromatic rings. The third-order valence-corrected chi connectivity index (χ3v) is 6.70. The molecule has 1 unspecified atom stereocenters. The number of carbonyl (C=O) groups excluding carboxylic acids is 2. The Morgan fingerprint density at radius 3 is 2.59 bits per heavy atom. The van der Waals surface area contributed by atoms with Crippen LogP contribution in [-0.4, -0.2) is 80.4 Å². The molecule has 0 spiro atoms. The predicted molar refractivity (Wildman–Crippen MR) is 138 cm³/mol. The van der Waals surface area contributed by atoms with E-state index in [1.807, 2.05) is 23.1 Å². The number of para-hydroxylation sites is 1. The molecule has 8 nitrogen and oxygen atoms in total. The minimum absolute atomic E-state index is 0. The molecule has 2 fully saturated rings. The Morgan fingerprint density at radius 1 is 1.16 bits per heavy atom. The van der Waals surface area contributed by atoms with E-state index in [0.29, 0.717) is 24.8 Å². The van der Waals surface area contributed by atoms with E-state index < -0.39 is 0 Å². The maximum absolute atomic E-state index is 12.4. The Morgan fingerprint density at radius 2 is 1.91 bits per heavy atom. The van der Waals surface area contributed by atoms with Crippen molar-refractivity contribution < 1.29 is 9.59 Å². The van der Waals surface area contributed by atoms with Gasteiger partial charge in [-0.25, -0.2) is 0 Å². The van der Waals surface area contributed by atoms with Crippen molar-refractivity contribution in [3.05, 3.63) is 29.8 Å². The number of aliphatic imine (C=N–C) groups is 1. The molecule has 4 rings (SSSR count). The first-order valence-electron chi connectivity index (χ1n) is 11.5. The van der Waals surface area contributed by atoms with Crippen molar-refractivity contribution in [2.45, 2.75) is 31.6 Å². The van der Waals surface area contributed by atoms with Gasteiger partial charge >= 0.3 is 0 Å². The van der Waals surface area contributed by atoms with Crippen molar-refractivity contribution in [2.75, 3.05) is 58.2 Å². The summed E-state index contributed by atoms with van der Waals surface area (Å²) in [6.07, 6.45) is 3.83. The van der Waals surface area contributed by atoms with Crippen molar-refractivity contribution in [1.82, 2.24) is 20.4 Å². The molecular weight excluding hydrogens is 519 g/mol. The molecule has 1 aromatic carbocycles. The standard InChI is InChI=1S/C23H34N6O2.HI/c1-24-23(26-16-18-15-21(30)27-20-8-3-2-7-19(18)20)25-9-10-28-11-13-29(14-12-28)22(31)17-5-4-6-17;/h2-3,7-8,17-18H,4-6,9-16H2,1H3,(H,27,30)(H2,24,25,26);1H. The lowest BCUT2D eigenvalue weighted by atomic mass is 9.84. The van der Waals surface area contributed by atoms with Gasteiger partial charge in [-0.2, -0.15) is 0 Å². The molecule has 1 aliphatic carbocycles. The second kappa shape index (κ2) is 11.8. The molecule has 1 saturated carbocycles. The van der Waals surface area contributed by atoms with Crippen molar-refractivity contribution in [1.29, 1.82) is 0 Å². The van der Waals surface area contributed by atoms with Crippen LogP contribution in [-0.2, 0) is 9.59 Å². The highest BCUT2D eigenvalue weighted by Gasteiger charge is 2.31. The molecule has 0 radical (unpaired) electrons. The Kier molecular flexibility index (Phi) is 9.15. The van der Waals surface area contributed by atoms with Gasteiger partial charge in [-0.3, -0.25) is 19.5 Å². The molecule has 1 atom stereocenters. The van der Waals surface area contributed by atoms with Gasteiger partial charge in [0.2, 0.25) is 11.8 Å². The number of nitrogens with one attached hydrogen (secondary N) is 3. The first-order valence-corrected chi connectivity index (χ1v) is 11.5. The van der Waals surface area contributed by atoms with E-state index in [1.54, 1.807) is 7.05 Å². The van der Waals surface area contributed by atoms with Gasteiger partial charge in [0.05, 0.1) is 0 Å². The van der Waals surface area contributed by atoms with E-state index in [-0.39, 0.29) is 35.8 Å². The fraction of sp³-hybridized carbons (Fsp3) is 0.609. The summed E-state index contributed by atoms with van der Waals surface area (Å²) in [5.41, 5.74) is 2.07. The molecule has 3 aliphatic rings. The molecule has 0 aromatic heterocycles. The number of nitrogens with zero attached hydrogens (tertiary/aromatic N) is 3. The van der Waals surface area contributed by atoms with Gasteiger partial charge in [-0.15, -0.1) is 24.0 Å². The number of hydrogen-bond acceptors (Lipinski definition) is 4. The van der Waals surface area contributed by atoms with Crippen LogP contribution in [0.5, 0.6) is 0 Å². The Bertz CT molecular complexity index is 820. The first-order chi connectivity index (χ1) is 15.1. The predicted octanol–water partition coefficient (Wildman–Crippen LogP) is 1.84. The quantitative estimate of drug-likeness (QED) is 0.284. The summed E-state index contributed by atoms with van der Waals surface area (Å²) in [4.78, 5) is 33.1. The number of benzene rings is 1. The normalized spacial score (nSPS) is 21.7. The summed E-state index contributed by atoms with van der Waals surface area (Å²) in [7, 11) is 1.77. The fourth-order valence-electron chi connectivity index (χ4n) is 4.56. The number of amides is 2. The molecule has 0 bridgehead atoms. The number of rotatable bonds is 6. The highest BCUT2D eigenvalue weighted by atomic mass is 127. The summed E-state index contributed by atoms with van der Waals surface area (Å²) in [5, 5.41) is 9.69. The van der Waals surface area contributed by atoms with Gasteiger partial charge in [0.15, 0.2) is 5.96 Å². The fourth-order valence-corrected chi connectivity index (χ4v) is 4.56. The average Bonchev–Trinajstić information content (AvgIpc) is 2.75. The van der Waals surface area contributed by atoms with E-state index >= 15 is 0 Å². The maximum atomic E-state index is 12.4. The third-order valence-electron chi connectivity index (χ3n) is 6.70. The van der Waals surface area contributed by atoms with Gasteiger partial charge in [-0.1, -0.05) is 24.6 Å². The van der Waals surface area contributed by atoms with E-state index in [2.05, 4.69) is 31.9 Å². The minimum atomic E-state index is 0. The minimum Gasteiger partial charge on any atom is -0.356 e. The van der Waals surface area contributed by atoms with Gasteiger partial charge in [-0.05, 0) is 24.5 Å². The number of guanidine groups is 1. The van der Waals surface area contributed by atoms with Crippen molar-refractivity contribution >= 4 is 47.4 Å². The Labute approximate surface area is 207 Å². The second-order valence-electron chi connectivity index (χ2n) is 8.71. The third kappa shape index (κ3) is 6.12. The molecule has 3 N–H and O–H groups in total. The Hall–Kier alpha value is -1.88. The highest BCUT2D eigenvalue weighted by Crippen LogP contribution is 2.31. The molecule has 9 heteroatoms. The van der Waals surface area contributed by atoms with Crippen LogP contribution >= 0.6 is 24.0 Å². The largest absolute Gasteiger partial charge is 0.356 e. The van der Waals surface area contributed by atoms with Crippen molar-refractivity contribution in [2.24, 2.45) is 10.9 Å². The molecule has 176 valence electrons. The number of anilines is 1. The average molecular weight is 554 g/mol. The Balaban J connectivity index is 0.00000289. The van der Waals surface area contributed by atoms with Gasteiger partial charge in [0, 0.05) is 76.8 Å². The van der Waals surface area contributed by atoms with Crippen LogP contribution in [0.25, 0.3) is 0 Å². The molecule has 2 aliphatic heterocycles. The lowest BCUT2D eigenvalue weighted by Crippen LogP contribution is -2.52. The summed E-state index contributed by atoms with van der Waals surface area (Å²) in [5.74, 6) is 1.60. The number of hydrogen-bond donors (Lipinski definition) is 3. The van der Waals surface area contributed by atoms with Gasteiger partial charge in [0.1, 0.15) is 0 Å². The monoisotopic (exact) mass is 554 g/mol. The highest BCUT2D eigenvalue weighted by molar-refractivity contribution is 14.0. The molecule has 2 amide bonds. The number of halogens is 1. The van der Waals surface area contributed by atoms with Crippen molar-refractivity contribution in [3.63, 3.8) is 0 Å². The first kappa shape index (κ1) is 24.8.